The van der Waals surface area contributed by atoms with E-state index < -0.39 is 23.8 Å². The quantitative estimate of drug-likeness (QED) is 0.600. The Hall–Kier alpha value is -3.19. The van der Waals surface area contributed by atoms with E-state index in [1.165, 1.54) is 28.3 Å². The maximum atomic E-state index is 13.8. The number of nitrogens with zero attached hydrogens (tertiary/aromatic N) is 2. The molecule has 0 saturated carbocycles. The van der Waals surface area contributed by atoms with Gasteiger partial charge in [-0.25, -0.2) is 4.39 Å². The maximum absolute atomic E-state index is 13.8. The third kappa shape index (κ3) is 4.61. The zero-order chi connectivity index (χ0) is 22.0. The number of aromatic nitrogens is 1. The summed E-state index contributed by atoms with van der Waals surface area (Å²) in [7, 11) is 0. The average molecular weight is 424 g/mol. The molecule has 1 aromatic heterocycles. The molecule has 0 amide bonds. The Morgan fingerprint density at radius 2 is 1.77 bits per heavy atom. The summed E-state index contributed by atoms with van der Waals surface area (Å²) in [6.45, 7) is 0.925. The van der Waals surface area contributed by atoms with Gasteiger partial charge in [-0.3, -0.25) is 14.5 Å². The highest BCUT2D eigenvalue weighted by atomic mass is 19.1. The number of fused-ring (bicyclic) bond motifs is 1. The highest BCUT2D eigenvalue weighted by Crippen LogP contribution is 2.34. The molecule has 31 heavy (non-hydrogen) atoms. The molecule has 3 aromatic rings. The number of carboxylic acids is 2. The average Bonchev–Trinajstić information content (AvgIpc) is 3.06. The smallest absolute Gasteiger partial charge is 0.325 e. The van der Waals surface area contributed by atoms with E-state index in [0.29, 0.717) is 35.5 Å². The first-order chi connectivity index (χ1) is 14.9. The Morgan fingerprint density at radius 1 is 1.06 bits per heavy atom. The zero-order valence-electron chi connectivity index (χ0n) is 17.1. The summed E-state index contributed by atoms with van der Waals surface area (Å²) in [6, 6.07) is 13.5. The fourth-order valence-electron chi connectivity index (χ4n) is 4.64. The zero-order valence-corrected chi connectivity index (χ0v) is 17.1. The summed E-state index contributed by atoms with van der Waals surface area (Å²) < 4.78 is 15.2. The van der Waals surface area contributed by atoms with Crippen molar-refractivity contribution in [1.29, 1.82) is 0 Å². The molecule has 162 valence electrons. The summed E-state index contributed by atoms with van der Waals surface area (Å²) in [4.78, 5) is 25.5. The Kier molecular flexibility index (Phi) is 6.04. The van der Waals surface area contributed by atoms with E-state index in [0.717, 1.165) is 19.3 Å². The summed E-state index contributed by atoms with van der Waals surface area (Å²) in [5, 5.41) is 19.8. The van der Waals surface area contributed by atoms with Crippen molar-refractivity contribution in [2.24, 2.45) is 5.92 Å². The number of likely N-dealkylation sites (tertiary alicyclic amines) is 1. The number of benzene rings is 2. The molecule has 1 saturated heterocycles. The van der Waals surface area contributed by atoms with Crippen LogP contribution in [-0.2, 0) is 22.6 Å². The molecule has 0 unspecified atom stereocenters. The second-order valence-electron chi connectivity index (χ2n) is 8.18. The first kappa shape index (κ1) is 21.1. The highest BCUT2D eigenvalue weighted by molar-refractivity contribution is 5.90. The van der Waals surface area contributed by atoms with Crippen molar-refractivity contribution in [3.8, 4) is 0 Å². The van der Waals surface area contributed by atoms with E-state index in [2.05, 4.69) is 12.1 Å². The number of halogens is 1. The van der Waals surface area contributed by atoms with Gasteiger partial charge in [0.05, 0.1) is 5.52 Å². The van der Waals surface area contributed by atoms with Gasteiger partial charge in [-0.1, -0.05) is 30.3 Å². The molecule has 6 nitrogen and oxygen atoms in total. The Balaban J connectivity index is 1.58. The lowest BCUT2D eigenvalue weighted by molar-refractivity contribution is -0.144. The molecule has 1 aliphatic heterocycles. The highest BCUT2D eigenvalue weighted by Gasteiger charge is 2.33. The van der Waals surface area contributed by atoms with Gasteiger partial charge >= 0.3 is 11.9 Å². The van der Waals surface area contributed by atoms with Crippen molar-refractivity contribution < 1.29 is 24.2 Å². The second-order valence-corrected chi connectivity index (χ2v) is 8.18. The van der Waals surface area contributed by atoms with Crippen LogP contribution in [-0.4, -0.2) is 44.7 Å². The van der Waals surface area contributed by atoms with E-state index in [9.17, 15) is 24.2 Å². The molecule has 1 atom stereocenters. The van der Waals surface area contributed by atoms with Crippen LogP contribution in [0.1, 0.15) is 30.0 Å². The molecular formula is C24H25FN2O4. The van der Waals surface area contributed by atoms with E-state index >= 15 is 0 Å². The van der Waals surface area contributed by atoms with Crippen molar-refractivity contribution in [3.63, 3.8) is 0 Å². The normalized spacial score (nSPS) is 16.4. The number of hydrogen-bond acceptors (Lipinski definition) is 3. The van der Waals surface area contributed by atoms with Crippen molar-refractivity contribution in [2.45, 2.75) is 31.8 Å². The molecule has 0 bridgehead atoms. The summed E-state index contributed by atoms with van der Waals surface area (Å²) in [6.07, 6.45) is 4.30. The van der Waals surface area contributed by atoms with Crippen LogP contribution in [0.25, 0.3) is 10.9 Å². The van der Waals surface area contributed by atoms with E-state index in [1.54, 1.807) is 6.20 Å². The lowest BCUT2D eigenvalue weighted by atomic mass is 9.89. The second kappa shape index (κ2) is 8.89. The van der Waals surface area contributed by atoms with E-state index in [4.69, 9.17) is 0 Å². The van der Waals surface area contributed by atoms with Crippen LogP contribution in [0.15, 0.2) is 54.7 Å². The topological polar surface area (TPSA) is 82.8 Å². The van der Waals surface area contributed by atoms with Gasteiger partial charge in [0.1, 0.15) is 18.4 Å². The number of hydrogen-bond donors (Lipinski definition) is 2. The molecule has 0 spiro atoms. The van der Waals surface area contributed by atoms with E-state index in [1.807, 2.05) is 23.1 Å². The number of carbonyl (C=O) groups is 2. The maximum Gasteiger partial charge on any atom is 0.325 e. The molecule has 7 heteroatoms. The number of aliphatic carboxylic acids is 2. The minimum atomic E-state index is -1.07. The van der Waals surface area contributed by atoms with Crippen LogP contribution in [0.3, 0.4) is 0 Å². The fourth-order valence-corrected chi connectivity index (χ4v) is 4.64. The van der Waals surface area contributed by atoms with Crippen molar-refractivity contribution >= 4 is 22.8 Å². The number of rotatable bonds is 7. The number of piperidine rings is 1. The van der Waals surface area contributed by atoms with Crippen molar-refractivity contribution in [1.82, 2.24) is 9.47 Å². The van der Waals surface area contributed by atoms with Gasteiger partial charge in [-0.2, -0.15) is 0 Å². The molecular weight excluding hydrogens is 399 g/mol. The molecule has 2 N–H and O–H groups in total. The van der Waals surface area contributed by atoms with Gasteiger partial charge < -0.3 is 14.8 Å². The van der Waals surface area contributed by atoms with E-state index in [-0.39, 0.29) is 6.54 Å². The predicted octanol–water partition coefficient (Wildman–Crippen LogP) is 3.95. The van der Waals surface area contributed by atoms with Crippen LogP contribution < -0.4 is 0 Å². The van der Waals surface area contributed by atoms with Gasteiger partial charge in [0.2, 0.25) is 0 Å². The largest absolute Gasteiger partial charge is 0.480 e. The van der Waals surface area contributed by atoms with Crippen LogP contribution in [0.5, 0.6) is 0 Å². The SMILES string of the molecule is O=C(O)Cn1cc([C@@H](C(=O)O)N2CCC(Cc3ccccc3)CC2)c2ccc(F)cc21. The molecule has 0 radical (unpaired) electrons. The molecule has 2 aromatic carbocycles. The fraction of sp³-hybridized carbons (Fsp3) is 0.333. The van der Waals surface area contributed by atoms with Crippen LogP contribution in [0, 0.1) is 11.7 Å². The van der Waals surface area contributed by atoms with Gasteiger partial charge in [0.25, 0.3) is 0 Å². The molecule has 1 fully saturated rings. The Bertz CT molecular complexity index is 1090. The minimum Gasteiger partial charge on any atom is -0.480 e. The minimum absolute atomic E-state index is 0.356. The molecule has 4 rings (SSSR count). The molecule has 2 heterocycles. The van der Waals surface area contributed by atoms with Crippen molar-refractivity contribution in [3.05, 3.63) is 71.7 Å². The Labute approximate surface area is 179 Å². The molecule has 0 aliphatic carbocycles. The van der Waals surface area contributed by atoms with Gasteiger partial charge in [-0.05, 0) is 62.0 Å². The third-order valence-electron chi connectivity index (χ3n) is 6.09. The summed E-state index contributed by atoms with van der Waals surface area (Å²) in [5.74, 6) is -2.05. The van der Waals surface area contributed by atoms with Crippen LogP contribution in [0.2, 0.25) is 0 Å². The summed E-state index contributed by atoms with van der Waals surface area (Å²) >= 11 is 0. The predicted molar refractivity (Wildman–Crippen MR) is 114 cm³/mol. The lowest BCUT2D eigenvalue weighted by Gasteiger charge is -2.35. The number of carboxylic acid groups (broad SMARTS) is 2. The third-order valence-corrected chi connectivity index (χ3v) is 6.09. The van der Waals surface area contributed by atoms with Gasteiger partial charge in [-0.15, -0.1) is 0 Å². The van der Waals surface area contributed by atoms with Crippen LogP contribution >= 0.6 is 0 Å². The van der Waals surface area contributed by atoms with Crippen molar-refractivity contribution in [2.75, 3.05) is 13.1 Å². The first-order valence-electron chi connectivity index (χ1n) is 10.4. The lowest BCUT2D eigenvalue weighted by Crippen LogP contribution is -2.40. The first-order valence-corrected chi connectivity index (χ1v) is 10.4. The monoisotopic (exact) mass is 424 g/mol. The Morgan fingerprint density at radius 3 is 2.42 bits per heavy atom. The van der Waals surface area contributed by atoms with Gasteiger partial charge in [0, 0.05) is 17.1 Å². The molecule has 1 aliphatic rings. The standard InChI is InChI=1S/C24H25FN2O4/c25-18-6-7-19-20(14-27(15-22(28)29)21(19)13-18)23(24(30)31)26-10-8-17(9-11-26)12-16-4-2-1-3-5-16/h1-7,13-14,17,23H,8-12,15H2,(H,28,29)(H,30,31)/t23-/m0/s1. The van der Waals surface area contributed by atoms with Crippen LogP contribution in [0.4, 0.5) is 4.39 Å². The van der Waals surface area contributed by atoms with Gasteiger partial charge in [0.15, 0.2) is 0 Å². The summed E-state index contributed by atoms with van der Waals surface area (Å²) in [5.41, 5.74) is 2.18.